The van der Waals surface area contributed by atoms with Crippen LogP contribution in [0.25, 0.3) is 33.4 Å². The molecule has 2 N–H and O–H groups in total. The minimum absolute atomic E-state index is 0.384. The molecule has 0 saturated heterocycles. The lowest BCUT2D eigenvalue weighted by atomic mass is 9.99. The van der Waals surface area contributed by atoms with Gasteiger partial charge < -0.3 is 15.2 Å². The van der Waals surface area contributed by atoms with E-state index in [0.29, 0.717) is 16.9 Å². The number of nitrogens with two attached hydrogens (primary N) is 1. The number of aromatic nitrogens is 3. The summed E-state index contributed by atoms with van der Waals surface area (Å²) in [5.41, 5.74) is 10.2. The van der Waals surface area contributed by atoms with Crippen molar-refractivity contribution in [2.75, 3.05) is 20.0 Å². The van der Waals surface area contributed by atoms with Crippen LogP contribution in [0.5, 0.6) is 11.5 Å². The van der Waals surface area contributed by atoms with E-state index in [9.17, 15) is 0 Å². The van der Waals surface area contributed by atoms with Crippen molar-refractivity contribution in [3.63, 3.8) is 0 Å². The smallest absolute Gasteiger partial charge is 0.165 e. The van der Waals surface area contributed by atoms with Crippen LogP contribution in [0.15, 0.2) is 60.9 Å². The Morgan fingerprint density at radius 2 is 1.63 bits per heavy atom. The molecule has 0 bridgehead atoms. The highest BCUT2D eigenvalue weighted by Gasteiger charge is 2.16. The summed E-state index contributed by atoms with van der Waals surface area (Å²) in [7, 11) is 3.29. The normalized spacial score (nSPS) is 10.7. The number of methoxy groups -OCH3 is 2. The number of para-hydroxylation sites is 1. The maximum atomic E-state index is 6.16. The Labute approximate surface area is 156 Å². The maximum absolute atomic E-state index is 6.16. The van der Waals surface area contributed by atoms with Crippen LogP contribution >= 0.6 is 0 Å². The largest absolute Gasteiger partial charge is 0.497 e. The molecule has 0 aliphatic rings. The van der Waals surface area contributed by atoms with Crippen LogP contribution in [-0.4, -0.2) is 29.2 Å². The van der Waals surface area contributed by atoms with Gasteiger partial charge in [0, 0.05) is 16.7 Å². The molecule has 0 atom stereocenters. The second-order valence-corrected chi connectivity index (χ2v) is 5.94. The first-order valence-corrected chi connectivity index (χ1v) is 8.40. The van der Waals surface area contributed by atoms with Crippen LogP contribution < -0.4 is 15.2 Å². The first kappa shape index (κ1) is 16.8. The summed E-state index contributed by atoms with van der Waals surface area (Å²) >= 11 is 0. The molecule has 27 heavy (non-hydrogen) atoms. The number of pyridine rings is 1. The average molecular weight is 358 g/mol. The standard InChI is InChI=1S/C21H18N4O2/c1-26-14-9-7-13(8-10-14)17-11-16(15-5-3-4-6-18(15)27-2)19-20(22)23-12-24-21(19)25-17/h3-12H,1-2H3,(H2,22,23,24,25). The predicted molar refractivity (Wildman–Crippen MR) is 106 cm³/mol. The van der Waals surface area contributed by atoms with Crippen molar-refractivity contribution in [3.05, 3.63) is 60.9 Å². The summed E-state index contributed by atoms with van der Waals surface area (Å²) in [6, 6.07) is 17.5. The molecule has 0 unspecified atom stereocenters. The molecule has 0 fully saturated rings. The lowest BCUT2D eigenvalue weighted by molar-refractivity contribution is 0.415. The number of hydrogen-bond acceptors (Lipinski definition) is 6. The summed E-state index contributed by atoms with van der Waals surface area (Å²) in [4.78, 5) is 13.2. The molecule has 134 valence electrons. The first-order chi connectivity index (χ1) is 13.2. The molecule has 0 saturated carbocycles. The van der Waals surface area contributed by atoms with Crippen molar-refractivity contribution < 1.29 is 9.47 Å². The number of hydrogen-bond donors (Lipinski definition) is 1. The van der Waals surface area contributed by atoms with Crippen LogP contribution in [0.3, 0.4) is 0 Å². The van der Waals surface area contributed by atoms with Crippen LogP contribution in [0.1, 0.15) is 0 Å². The van der Waals surface area contributed by atoms with E-state index in [2.05, 4.69) is 9.97 Å². The van der Waals surface area contributed by atoms with Crippen LogP contribution in [-0.2, 0) is 0 Å². The second kappa shape index (κ2) is 6.92. The Morgan fingerprint density at radius 3 is 2.37 bits per heavy atom. The number of ether oxygens (including phenoxy) is 2. The lowest BCUT2D eigenvalue weighted by Crippen LogP contribution is -1.99. The van der Waals surface area contributed by atoms with Gasteiger partial charge in [-0.2, -0.15) is 0 Å². The maximum Gasteiger partial charge on any atom is 0.165 e. The zero-order valence-electron chi connectivity index (χ0n) is 15.0. The van der Waals surface area contributed by atoms with E-state index in [1.165, 1.54) is 6.33 Å². The number of rotatable bonds is 4. The SMILES string of the molecule is COc1ccc(-c2cc(-c3ccccc3OC)c3c(N)ncnc3n2)cc1. The van der Waals surface area contributed by atoms with Gasteiger partial charge in [0.1, 0.15) is 23.6 Å². The summed E-state index contributed by atoms with van der Waals surface area (Å²) < 4.78 is 10.8. The molecule has 4 aromatic rings. The third-order valence-electron chi connectivity index (χ3n) is 4.42. The zero-order valence-corrected chi connectivity index (χ0v) is 15.0. The van der Waals surface area contributed by atoms with Gasteiger partial charge in [-0.05, 0) is 36.4 Å². The molecular weight excluding hydrogens is 340 g/mol. The average Bonchev–Trinajstić information content (AvgIpc) is 2.73. The molecule has 2 heterocycles. The van der Waals surface area contributed by atoms with Crippen LogP contribution in [0.2, 0.25) is 0 Å². The van der Waals surface area contributed by atoms with Gasteiger partial charge in [-0.3, -0.25) is 0 Å². The van der Waals surface area contributed by atoms with Gasteiger partial charge in [0.15, 0.2) is 5.65 Å². The zero-order chi connectivity index (χ0) is 18.8. The van der Waals surface area contributed by atoms with E-state index in [-0.39, 0.29) is 0 Å². The van der Waals surface area contributed by atoms with E-state index in [1.807, 2.05) is 54.6 Å². The van der Waals surface area contributed by atoms with E-state index in [0.717, 1.165) is 33.9 Å². The summed E-state index contributed by atoms with van der Waals surface area (Å²) in [5.74, 6) is 1.92. The van der Waals surface area contributed by atoms with Gasteiger partial charge in [-0.25, -0.2) is 15.0 Å². The number of benzene rings is 2. The number of nitrogen functional groups attached to an aromatic ring is 1. The fourth-order valence-corrected chi connectivity index (χ4v) is 3.08. The highest BCUT2D eigenvalue weighted by molar-refractivity contribution is 6.02. The lowest BCUT2D eigenvalue weighted by Gasteiger charge is -2.13. The Morgan fingerprint density at radius 1 is 0.852 bits per heavy atom. The number of fused-ring (bicyclic) bond motifs is 1. The molecule has 0 aliphatic carbocycles. The van der Waals surface area contributed by atoms with Crippen molar-refractivity contribution in [3.8, 4) is 33.9 Å². The third-order valence-corrected chi connectivity index (χ3v) is 4.42. The van der Waals surface area contributed by atoms with Gasteiger partial charge in [0.25, 0.3) is 0 Å². The third kappa shape index (κ3) is 3.01. The molecule has 0 amide bonds. The van der Waals surface area contributed by atoms with Gasteiger partial charge >= 0.3 is 0 Å². The van der Waals surface area contributed by atoms with Gasteiger partial charge in [0.2, 0.25) is 0 Å². The molecule has 0 spiro atoms. The van der Waals surface area contributed by atoms with E-state index >= 15 is 0 Å². The van der Waals surface area contributed by atoms with Crippen molar-refractivity contribution in [2.24, 2.45) is 0 Å². The highest BCUT2D eigenvalue weighted by Crippen LogP contribution is 2.38. The summed E-state index contributed by atoms with van der Waals surface area (Å²) in [6.45, 7) is 0. The van der Waals surface area contributed by atoms with Crippen LogP contribution in [0.4, 0.5) is 5.82 Å². The Balaban J connectivity index is 2.01. The minimum atomic E-state index is 0.384. The summed E-state index contributed by atoms with van der Waals surface area (Å²) in [5, 5.41) is 0.708. The Bertz CT molecular complexity index is 1110. The fraction of sp³-hybridized carbons (Fsp3) is 0.0952. The van der Waals surface area contributed by atoms with Gasteiger partial charge in [-0.1, -0.05) is 18.2 Å². The molecule has 0 aliphatic heterocycles. The summed E-state index contributed by atoms with van der Waals surface area (Å²) in [6.07, 6.45) is 1.43. The molecule has 2 aromatic carbocycles. The predicted octanol–water partition coefficient (Wildman–Crippen LogP) is 3.96. The number of anilines is 1. The van der Waals surface area contributed by atoms with Crippen molar-refractivity contribution in [1.82, 2.24) is 15.0 Å². The monoisotopic (exact) mass is 358 g/mol. The Hall–Kier alpha value is -3.67. The van der Waals surface area contributed by atoms with Gasteiger partial charge in [-0.15, -0.1) is 0 Å². The highest BCUT2D eigenvalue weighted by atomic mass is 16.5. The van der Waals surface area contributed by atoms with Crippen molar-refractivity contribution in [2.45, 2.75) is 0 Å². The second-order valence-electron chi connectivity index (χ2n) is 5.94. The van der Waals surface area contributed by atoms with E-state index in [1.54, 1.807) is 14.2 Å². The van der Waals surface area contributed by atoms with E-state index in [4.69, 9.17) is 20.2 Å². The van der Waals surface area contributed by atoms with Crippen molar-refractivity contribution in [1.29, 1.82) is 0 Å². The molecule has 6 heteroatoms. The number of nitrogens with zero attached hydrogens (tertiary/aromatic N) is 3. The van der Waals surface area contributed by atoms with Gasteiger partial charge in [0.05, 0.1) is 25.3 Å². The molecule has 2 aromatic heterocycles. The Kier molecular flexibility index (Phi) is 4.30. The molecule has 6 nitrogen and oxygen atoms in total. The first-order valence-electron chi connectivity index (χ1n) is 8.40. The molecule has 4 rings (SSSR count). The fourth-order valence-electron chi connectivity index (χ4n) is 3.08. The quantitative estimate of drug-likeness (QED) is 0.594. The molecular formula is C21H18N4O2. The minimum Gasteiger partial charge on any atom is -0.497 e. The topological polar surface area (TPSA) is 83.2 Å². The molecule has 0 radical (unpaired) electrons. The van der Waals surface area contributed by atoms with Crippen LogP contribution in [0, 0.1) is 0 Å². The van der Waals surface area contributed by atoms with E-state index < -0.39 is 0 Å². The van der Waals surface area contributed by atoms with Crippen molar-refractivity contribution >= 4 is 16.9 Å².